The van der Waals surface area contributed by atoms with E-state index in [-0.39, 0.29) is 29.9 Å². The maximum atomic E-state index is 13.2. The smallest absolute Gasteiger partial charge is 0.335 e. The van der Waals surface area contributed by atoms with Gasteiger partial charge >= 0.3 is 11.9 Å². The zero-order valence-electron chi connectivity index (χ0n) is 13.4. The summed E-state index contributed by atoms with van der Waals surface area (Å²) < 4.78 is 63.4. The van der Waals surface area contributed by atoms with Crippen LogP contribution in [0.2, 0.25) is 0 Å². The van der Waals surface area contributed by atoms with Gasteiger partial charge in [-0.25, -0.2) is 8.42 Å². The first kappa shape index (κ1) is 18.2. The van der Waals surface area contributed by atoms with Crippen molar-refractivity contribution in [3.63, 3.8) is 0 Å². The van der Waals surface area contributed by atoms with Gasteiger partial charge in [0, 0.05) is 18.5 Å². The second-order valence-electron chi connectivity index (χ2n) is 5.86. The summed E-state index contributed by atoms with van der Waals surface area (Å²) in [5.74, 6) is 0. The molecule has 1 aliphatic rings. The summed E-state index contributed by atoms with van der Waals surface area (Å²) in [4.78, 5) is 11.6. The van der Waals surface area contributed by atoms with Crippen LogP contribution in [-0.2, 0) is 22.4 Å². The van der Waals surface area contributed by atoms with E-state index in [0.29, 0.717) is 0 Å². The predicted molar refractivity (Wildman–Crippen MR) is 88.4 cm³/mol. The topological polar surface area (TPSA) is 80.5 Å². The van der Waals surface area contributed by atoms with E-state index in [1.165, 1.54) is 29.2 Å². The van der Waals surface area contributed by atoms with Gasteiger partial charge in [-0.1, -0.05) is 12.1 Å². The van der Waals surface area contributed by atoms with Gasteiger partial charge in [-0.2, -0.15) is 13.2 Å². The average Bonchev–Trinajstić information content (AvgIpc) is 2.95. The molecule has 26 heavy (non-hydrogen) atoms. The highest BCUT2D eigenvalue weighted by atomic mass is 32.2. The van der Waals surface area contributed by atoms with Crippen molar-refractivity contribution in [3.05, 3.63) is 57.6 Å². The second kappa shape index (κ2) is 5.97. The zero-order chi connectivity index (χ0) is 19.3. The molecule has 0 bridgehead atoms. The van der Waals surface area contributed by atoms with Crippen LogP contribution in [0.3, 0.4) is 0 Å². The number of nitro benzene ring substituents is 1. The van der Waals surface area contributed by atoms with Crippen molar-refractivity contribution >= 4 is 26.9 Å². The Labute approximate surface area is 146 Å². The maximum absolute atomic E-state index is 13.2. The monoisotopic (exact) mass is 386 g/mol. The van der Waals surface area contributed by atoms with E-state index in [9.17, 15) is 31.7 Å². The SMILES string of the molecule is CS(=O)(=O)c1cccc(N2CCc3c2cccc3C(F)(F)F)c1[N+](=O)[O-]. The maximum Gasteiger partial charge on any atom is 0.416 e. The van der Waals surface area contributed by atoms with Crippen molar-refractivity contribution in [3.8, 4) is 0 Å². The number of alkyl halides is 3. The first-order valence-electron chi connectivity index (χ1n) is 7.46. The number of para-hydroxylation sites is 1. The van der Waals surface area contributed by atoms with Crippen LogP contribution in [0.25, 0.3) is 0 Å². The number of anilines is 2. The number of rotatable bonds is 3. The van der Waals surface area contributed by atoms with Crippen molar-refractivity contribution in [1.82, 2.24) is 0 Å². The third kappa shape index (κ3) is 3.00. The van der Waals surface area contributed by atoms with E-state index in [1.807, 2.05) is 0 Å². The van der Waals surface area contributed by atoms with Gasteiger partial charge in [0.15, 0.2) is 9.84 Å². The van der Waals surface area contributed by atoms with Gasteiger partial charge in [-0.05, 0) is 36.2 Å². The van der Waals surface area contributed by atoms with Gasteiger partial charge in [0.25, 0.3) is 0 Å². The van der Waals surface area contributed by atoms with Crippen LogP contribution in [0.15, 0.2) is 41.3 Å². The van der Waals surface area contributed by atoms with E-state index >= 15 is 0 Å². The van der Waals surface area contributed by atoms with Crippen LogP contribution in [0.1, 0.15) is 11.1 Å². The van der Waals surface area contributed by atoms with E-state index in [2.05, 4.69) is 0 Å². The molecule has 1 aliphatic heterocycles. The molecule has 2 aromatic carbocycles. The molecule has 3 rings (SSSR count). The molecular formula is C16H13F3N2O4S. The van der Waals surface area contributed by atoms with Crippen LogP contribution in [0.5, 0.6) is 0 Å². The third-order valence-corrected chi connectivity index (χ3v) is 5.31. The van der Waals surface area contributed by atoms with Gasteiger partial charge < -0.3 is 4.90 Å². The fraction of sp³-hybridized carbons (Fsp3) is 0.250. The molecule has 0 aliphatic carbocycles. The van der Waals surface area contributed by atoms with Gasteiger partial charge in [-0.15, -0.1) is 0 Å². The Hall–Kier alpha value is -2.62. The van der Waals surface area contributed by atoms with Crippen LogP contribution >= 0.6 is 0 Å². The summed E-state index contributed by atoms with van der Waals surface area (Å²) in [7, 11) is -3.89. The van der Waals surface area contributed by atoms with Gasteiger partial charge in [-0.3, -0.25) is 10.1 Å². The molecule has 0 saturated carbocycles. The molecule has 0 aromatic heterocycles. The molecule has 0 amide bonds. The number of hydrogen-bond donors (Lipinski definition) is 0. The Morgan fingerprint density at radius 3 is 2.31 bits per heavy atom. The quantitative estimate of drug-likeness (QED) is 0.593. The molecule has 0 unspecified atom stereocenters. The molecule has 0 N–H and O–H groups in total. The molecule has 1 heterocycles. The minimum Gasteiger partial charge on any atom is -0.335 e. The highest BCUT2D eigenvalue weighted by molar-refractivity contribution is 7.90. The number of hydrogen-bond acceptors (Lipinski definition) is 5. The molecule has 10 heteroatoms. The molecule has 0 spiro atoms. The first-order chi connectivity index (χ1) is 12.0. The number of benzene rings is 2. The average molecular weight is 386 g/mol. The second-order valence-corrected chi connectivity index (χ2v) is 7.84. The van der Waals surface area contributed by atoms with Crippen molar-refractivity contribution in [2.75, 3.05) is 17.7 Å². The van der Waals surface area contributed by atoms with Crippen molar-refractivity contribution < 1.29 is 26.5 Å². The van der Waals surface area contributed by atoms with E-state index in [0.717, 1.165) is 18.4 Å². The molecular weight excluding hydrogens is 373 g/mol. The minimum absolute atomic E-state index is 0.0408. The van der Waals surface area contributed by atoms with E-state index < -0.39 is 37.1 Å². The highest BCUT2D eigenvalue weighted by Gasteiger charge is 2.38. The zero-order valence-corrected chi connectivity index (χ0v) is 14.3. The summed E-state index contributed by atoms with van der Waals surface area (Å²) in [6.07, 6.45) is -3.65. The lowest BCUT2D eigenvalue weighted by molar-refractivity contribution is -0.387. The Balaban J connectivity index is 2.23. The minimum atomic E-state index is -4.54. The number of sulfone groups is 1. The Bertz CT molecular complexity index is 1000. The third-order valence-electron chi connectivity index (χ3n) is 4.18. The molecule has 2 aromatic rings. The van der Waals surface area contributed by atoms with Crippen LogP contribution < -0.4 is 4.90 Å². The Kier molecular flexibility index (Phi) is 4.18. The Morgan fingerprint density at radius 1 is 1.12 bits per heavy atom. The lowest BCUT2D eigenvalue weighted by Crippen LogP contribution is -2.16. The van der Waals surface area contributed by atoms with Crippen molar-refractivity contribution in [1.29, 1.82) is 0 Å². The lowest BCUT2D eigenvalue weighted by atomic mass is 10.0. The molecule has 0 saturated heterocycles. The lowest BCUT2D eigenvalue weighted by Gasteiger charge is -2.21. The van der Waals surface area contributed by atoms with Gasteiger partial charge in [0.05, 0.1) is 10.5 Å². The summed E-state index contributed by atoms with van der Waals surface area (Å²) in [6, 6.07) is 7.41. The van der Waals surface area contributed by atoms with Crippen LogP contribution in [0.4, 0.5) is 30.2 Å². The van der Waals surface area contributed by atoms with Crippen LogP contribution in [-0.4, -0.2) is 26.1 Å². The molecule has 6 nitrogen and oxygen atoms in total. The van der Waals surface area contributed by atoms with Crippen molar-refractivity contribution in [2.24, 2.45) is 0 Å². The number of halogens is 3. The van der Waals surface area contributed by atoms with Crippen molar-refractivity contribution in [2.45, 2.75) is 17.5 Å². The normalized spacial score (nSPS) is 14.4. The Morgan fingerprint density at radius 2 is 1.73 bits per heavy atom. The van der Waals surface area contributed by atoms with E-state index in [1.54, 1.807) is 0 Å². The highest BCUT2D eigenvalue weighted by Crippen LogP contribution is 2.45. The first-order valence-corrected chi connectivity index (χ1v) is 9.35. The summed E-state index contributed by atoms with van der Waals surface area (Å²) in [5, 5.41) is 11.5. The van der Waals surface area contributed by atoms with Crippen LogP contribution in [0, 0.1) is 10.1 Å². The van der Waals surface area contributed by atoms with E-state index in [4.69, 9.17) is 0 Å². The summed E-state index contributed by atoms with van der Waals surface area (Å²) in [5.41, 5.74) is -1.25. The molecule has 0 atom stereocenters. The number of fused-ring (bicyclic) bond motifs is 1. The fourth-order valence-corrected chi connectivity index (χ4v) is 4.02. The largest absolute Gasteiger partial charge is 0.416 e. The summed E-state index contributed by atoms with van der Waals surface area (Å²) >= 11 is 0. The summed E-state index contributed by atoms with van der Waals surface area (Å²) in [6.45, 7) is 0.0798. The number of nitrogens with zero attached hydrogens (tertiary/aromatic N) is 2. The predicted octanol–water partition coefficient (Wildman–Crippen LogP) is 3.71. The van der Waals surface area contributed by atoms with Gasteiger partial charge in [0.1, 0.15) is 10.6 Å². The molecule has 0 radical (unpaired) electrons. The standard InChI is InChI=1S/C16H13F3N2O4S/c1-26(24,25)14-7-3-6-13(15(14)21(22)23)20-9-8-10-11(16(17,18)19)4-2-5-12(10)20/h2-7H,8-9H2,1H3. The van der Waals surface area contributed by atoms with Gasteiger partial charge in [0.2, 0.25) is 0 Å². The molecule has 138 valence electrons. The fourth-order valence-electron chi connectivity index (χ4n) is 3.16. The number of nitro groups is 1. The molecule has 0 fully saturated rings.